The molecule has 0 saturated carbocycles. The molecular formula is C17H11Br2ClN6. The van der Waals surface area contributed by atoms with E-state index in [0.717, 1.165) is 25.9 Å². The normalized spacial score (nSPS) is 10.3. The zero-order chi connectivity index (χ0) is 18.7. The fraction of sp³-hybridized carbons (Fsp3) is 0.0588. The molecule has 26 heavy (non-hydrogen) atoms. The maximum atomic E-state index is 8.86. The van der Waals surface area contributed by atoms with Gasteiger partial charge in [0.05, 0.1) is 17.3 Å². The smallest absolute Gasteiger partial charge is 0.233 e. The predicted octanol–water partition coefficient (Wildman–Crippen LogP) is 5.72. The van der Waals surface area contributed by atoms with Crippen LogP contribution in [0.3, 0.4) is 0 Å². The van der Waals surface area contributed by atoms with Crippen molar-refractivity contribution in [3.8, 4) is 6.07 Å². The van der Waals surface area contributed by atoms with Crippen LogP contribution in [0.4, 0.5) is 23.3 Å². The van der Waals surface area contributed by atoms with Gasteiger partial charge in [0.25, 0.3) is 0 Å². The lowest BCUT2D eigenvalue weighted by Gasteiger charge is -2.12. The molecule has 3 aromatic rings. The molecule has 0 bridgehead atoms. The molecule has 0 amide bonds. The molecule has 1 heterocycles. The van der Waals surface area contributed by atoms with E-state index >= 15 is 0 Å². The summed E-state index contributed by atoms with van der Waals surface area (Å²) < 4.78 is 1.73. The summed E-state index contributed by atoms with van der Waals surface area (Å²) in [6, 6.07) is 12.9. The largest absolute Gasteiger partial charge is 0.324 e. The Morgan fingerprint density at radius 2 is 1.54 bits per heavy atom. The minimum Gasteiger partial charge on any atom is -0.324 e. The number of halogens is 3. The second-order valence-electron chi connectivity index (χ2n) is 5.29. The fourth-order valence-electron chi connectivity index (χ4n) is 2.15. The number of nitrogens with one attached hydrogen (secondary N) is 2. The molecule has 0 saturated heterocycles. The van der Waals surface area contributed by atoms with Gasteiger partial charge in [0.2, 0.25) is 17.2 Å². The lowest BCUT2D eigenvalue weighted by molar-refractivity contribution is 1.06. The number of rotatable bonds is 4. The summed E-state index contributed by atoms with van der Waals surface area (Å²) in [5, 5.41) is 15.1. The van der Waals surface area contributed by atoms with E-state index < -0.39 is 0 Å². The number of hydrogen-bond donors (Lipinski definition) is 2. The van der Waals surface area contributed by atoms with Crippen LogP contribution >= 0.6 is 43.5 Å². The molecule has 9 heteroatoms. The molecule has 0 spiro atoms. The van der Waals surface area contributed by atoms with Gasteiger partial charge in [0.15, 0.2) is 0 Å². The van der Waals surface area contributed by atoms with Gasteiger partial charge in [0, 0.05) is 14.6 Å². The number of benzene rings is 2. The van der Waals surface area contributed by atoms with E-state index in [1.54, 1.807) is 24.3 Å². The second kappa shape index (κ2) is 7.99. The van der Waals surface area contributed by atoms with Crippen LogP contribution in [-0.2, 0) is 0 Å². The van der Waals surface area contributed by atoms with Crippen LogP contribution in [0, 0.1) is 18.3 Å². The van der Waals surface area contributed by atoms with Crippen LogP contribution in [-0.4, -0.2) is 15.0 Å². The molecule has 0 unspecified atom stereocenters. The first-order valence-electron chi connectivity index (χ1n) is 7.36. The average molecular weight is 495 g/mol. The third kappa shape index (κ3) is 4.49. The summed E-state index contributed by atoms with van der Waals surface area (Å²) in [5.41, 5.74) is 3.18. The molecule has 2 N–H and O–H groups in total. The highest BCUT2D eigenvalue weighted by Crippen LogP contribution is 2.34. The number of anilines is 4. The van der Waals surface area contributed by atoms with Gasteiger partial charge < -0.3 is 10.6 Å². The van der Waals surface area contributed by atoms with Crippen molar-refractivity contribution in [3.05, 3.63) is 61.8 Å². The van der Waals surface area contributed by atoms with E-state index in [1.165, 1.54) is 0 Å². The second-order valence-corrected chi connectivity index (χ2v) is 7.34. The molecule has 2 aromatic carbocycles. The number of nitrogens with zero attached hydrogens (tertiary/aromatic N) is 4. The van der Waals surface area contributed by atoms with Gasteiger partial charge in [-0.05, 0) is 92.3 Å². The highest BCUT2D eigenvalue weighted by molar-refractivity contribution is 9.11. The molecular weight excluding hydrogens is 483 g/mol. The Labute approximate surface area is 171 Å². The van der Waals surface area contributed by atoms with Crippen molar-refractivity contribution >= 4 is 66.7 Å². The molecule has 0 fully saturated rings. The maximum absolute atomic E-state index is 8.86. The molecule has 6 nitrogen and oxygen atoms in total. The van der Waals surface area contributed by atoms with Crippen LogP contribution in [0.15, 0.2) is 45.3 Å². The van der Waals surface area contributed by atoms with Crippen molar-refractivity contribution in [2.45, 2.75) is 6.92 Å². The summed E-state index contributed by atoms with van der Waals surface area (Å²) in [6.45, 7) is 2.00. The highest BCUT2D eigenvalue weighted by Gasteiger charge is 2.11. The van der Waals surface area contributed by atoms with Gasteiger partial charge >= 0.3 is 0 Å². The highest BCUT2D eigenvalue weighted by atomic mass is 79.9. The summed E-state index contributed by atoms with van der Waals surface area (Å²) >= 11 is 13.1. The van der Waals surface area contributed by atoms with E-state index in [1.807, 2.05) is 19.1 Å². The van der Waals surface area contributed by atoms with E-state index in [2.05, 4.69) is 63.5 Å². The number of aryl methyl sites for hydroxylation is 1. The predicted molar refractivity (Wildman–Crippen MR) is 109 cm³/mol. The topological polar surface area (TPSA) is 86.5 Å². The van der Waals surface area contributed by atoms with Crippen LogP contribution in [0.2, 0.25) is 5.28 Å². The minimum atomic E-state index is 0.0537. The fourth-order valence-corrected chi connectivity index (χ4v) is 3.92. The lowest BCUT2D eigenvalue weighted by atomic mass is 10.2. The number of nitriles is 1. The Kier molecular flexibility index (Phi) is 5.71. The van der Waals surface area contributed by atoms with Gasteiger partial charge in [-0.25, -0.2) is 0 Å². The van der Waals surface area contributed by atoms with Crippen LogP contribution in [0.5, 0.6) is 0 Å². The lowest BCUT2D eigenvalue weighted by Crippen LogP contribution is -2.04. The molecule has 0 aliphatic carbocycles. The Morgan fingerprint density at radius 1 is 0.962 bits per heavy atom. The summed E-state index contributed by atoms with van der Waals surface area (Å²) in [5.74, 6) is 0.586. The van der Waals surface area contributed by atoms with Crippen molar-refractivity contribution in [2.75, 3.05) is 10.6 Å². The first-order chi connectivity index (χ1) is 12.4. The molecule has 130 valence electrons. The van der Waals surface area contributed by atoms with Crippen molar-refractivity contribution in [1.82, 2.24) is 15.0 Å². The monoisotopic (exact) mass is 492 g/mol. The summed E-state index contributed by atoms with van der Waals surface area (Å²) in [6.07, 6.45) is 0. The van der Waals surface area contributed by atoms with Crippen LogP contribution in [0.1, 0.15) is 11.1 Å². The number of hydrogen-bond acceptors (Lipinski definition) is 6. The van der Waals surface area contributed by atoms with Crippen LogP contribution in [0.25, 0.3) is 0 Å². The molecule has 0 aliphatic heterocycles. The molecule has 3 rings (SSSR count). The Balaban J connectivity index is 1.87. The van der Waals surface area contributed by atoms with E-state index in [-0.39, 0.29) is 11.2 Å². The summed E-state index contributed by atoms with van der Waals surface area (Å²) in [4.78, 5) is 12.5. The van der Waals surface area contributed by atoms with Crippen molar-refractivity contribution < 1.29 is 0 Å². The Morgan fingerprint density at radius 3 is 2.12 bits per heavy atom. The van der Waals surface area contributed by atoms with Gasteiger partial charge in [-0.2, -0.15) is 20.2 Å². The maximum Gasteiger partial charge on any atom is 0.233 e. The van der Waals surface area contributed by atoms with E-state index in [9.17, 15) is 0 Å². The Bertz CT molecular complexity index is 978. The minimum absolute atomic E-state index is 0.0537. The number of aromatic nitrogens is 3. The van der Waals surface area contributed by atoms with Gasteiger partial charge in [-0.3, -0.25) is 0 Å². The molecule has 0 aliphatic rings. The van der Waals surface area contributed by atoms with Gasteiger partial charge in [0.1, 0.15) is 0 Å². The standard InChI is InChI=1S/C17H11Br2ClN6/c1-9-6-12(18)14(13(19)7-9)23-17-25-15(20)24-16(26-17)22-11-4-2-10(8-21)3-5-11/h2-7H,1H3,(H2,22,23,24,25,26). The molecule has 0 atom stereocenters. The van der Waals surface area contributed by atoms with Gasteiger partial charge in [-0.15, -0.1) is 0 Å². The van der Waals surface area contributed by atoms with Crippen molar-refractivity contribution in [2.24, 2.45) is 0 Å². The van der Waals surface area contributed by atoms with Crippen molar-refractivity contribution in [3.63, 3.8) is 0 Å². The Hall–Kier alpha value is -2.21. The molecule has 1 aromatic heterocycles. The zero-order valence-corrected chi connectivity index (χ0v) is 17.3. The van der Waals surface area contributed by atoms with Gasteiger partial charge in [-0.1, -0.05) is 0 Å². The quantitative estimate of drug-likeness (QED) is 0.483. The third-order valence-corrected chi connectivity index (χ3v) is 4.72. The zero-order valence-electron chi connectivity index (χ0n) is 13.4. The first kappa shape index (κ1) is 18.6. The third-order valence-electron chi connectivity index (χ3n) is 3.30. The van der Waals surface area contributed by atoms with E-state index in [4.69, 9.17) is 16.9 Å². The first-order valence-corrected chi connectivity index (χ1v) is 9.32. The van der Waals surface area contributed by atoms with Crippen LogP contribution < -0.4 is 10.6 Å². The van der Waals surface area contributed by atoms with E-state index in [0.29, 0.717) is 11.5 Å². The van der Waals surface area contributed by atoms with Crippen molar-refractivity contribution in [1.29, 1.82) is 5.26 Å². The summed E-state index contributed by atoms with van der Waals surface area (Å²) in [7, 11) is 0. The molecule has 0 radical (unpaired) electrons. The SMILES string of the molecule is Cc1cc(Br)c(Nc2nc(Cl)nc(Nc3ccc(C#N)cc3)n2)c(Br)c1. The average Bonchev–Trinajstić information content (AvgIpc) is 2.58.